The Morgan fingerprint density at radius 1 is 1.07 bits per heavy atom. The number of carbonyl (C=O) groups is 2. The Kier molecular flexibility index (Phi) is 3.59. The maximum Gasteiger partial charge on any atom is 0.250 e. The third kappa shape index (κ3) is 1.91. The van der Waals surface area contributed by atoms with Crippen molar-refractivity contribution < 1.29 is 14.3 Å². The van der Waals surface area contributed by atoms with Crippen LogP contribution in [-0.4, -0.2) is 36.8 Å². The van der Waals surface area contributed by atoms with Gasteiger partial charge >= 0.3 is 0 Å². The Morgan fingerprint density at radius 3 is 2.70 bits per heavy atom. The summed E-state index contributed by atoms with van der Waals surface area (Å²) in [4.78, 5) is 31.2. The van der Waals surface area contributed by atoms with Crippen LogP contribution in [0.3, 0.4) is 0 Å². The number of fused-ring (bicyclic) bond motifs is 4. The smallest absolute Gasteiger partial charge is 0.250 e. The van der Waals surface area contributed by atoms with E-state index >= 15 is 0 Å². The summed E-state index contributed by atoms with van der Waals surface area (Å²) in [7, 11) is 1.95. The standard InChI is InChI=1S/C24H20N2O3S/c1-26-13-17(20-11-6-12-30-20)23(14-29-19-10-5-2-7-15(19)21(23)27)24(26)16-8-3-4-9-18(16)25-22(24)28/h2-12,17H,13-14H2,1H3,(H,25,28). The lowest BCUT2D eigenvalue weighted by molar-refractivity contribution is -0.131. The number of nitrogens with zero attached hydrogens (tertiary/aromatic N) is 1. The summed E-state index contributed by atoms with van der Waals surface area (Å²) in [5, 5.41) is 5.08. The van der Waals surface area contributed by atoms with Gasteiger partial charge in [0.25, 0.3) is 5.91 Å². The molecule has 1 amide bonds. The molecule has 3 aromatic rings. The van der Waals surface area contributed by atoms with Crippen LogP contribution in [-0.2, 0) is 10.3 Å². The highest BCUT2D eigenvalue weighted by Gasteiger charge is 2.75. The zero-order valence-corrected chi connectivity index (χ0v) is 17.2. The van der Waals surface area contributed by atoms with Crippen LogP contribution in [0, 0.1) is 5.41 Å². The SMILES string of the molecule is CN1CC(c2cccs2)C2(COc3ccccc3C2=O)C12C(=O)Nc1ccccc12. The molecule has 0 radical (unpaired) electrons. The Bertz CT molecular complexity index is 1190. The number of hydrogen-bond acceptors (Lipinski definition) is 5. The third-order valence-corrected chi connectivity index (χ3v) is 8.03. The second-order valence-corrected chi connectivity index (χ2v) is 9.22. The topological polar surface area (TPSA) is 58.6 Å². The molecule has 6 rings (SSSR count). The molecule has 3 atom stereocenters. The lowest BCUT2D eigenvalue weighted by Gasteiger charge is -2.47. The first kappa shape index (κ1) is 17.9. The van der Waals surface area contributed by atoms with Crippen molar-refractivity contribution in [2.24, 2.45) is 5.41 Å². The molecular formula is C24H20N2O3S. The summed E-state index contributed by atoms with van der Waals surface area (Å²) < 4.78 is 6.24. The molecule has 2 aromatic carbocycles. The molecule has 1 N–H and O–H groups in total. The van der Waals surface area contributed by atoms with Crippen molar-refractivity contribution in [1.82, 2.24) is 4.90 Å². The maximum atomic E-state index is 14.3. The van der Waals surface area contributed by atoms with Crippen LogP contribution in [0.1, 0.15) is 26.7 Å². The van der Waals surface area contributed by atoms with E-state index < -0.39 is 11.0 Å². The summed E-state index contributed by atoms with van der Waals surface area (Å²) in [6, 6.07) is 19.2. The summed E-state index contributed by atoms with van der Waals surface area (Å²) >= 11 is 1.63. The molecule has 0 bridgehead atoms. The van der Waals surface area contributed by atoms with Crippen molar-refractivity contribution in [3.63, 3.8) is 0 Å². The highest BCUT2D eigenvalue weighted by atomic mass is 32.1. The Balaban J connectivity index is 1.68. The van der Waals surface area contributed by atoms with Gasteiger partial charge in [0.05, 0.1) is 5.56 Å². The van der Waals surface area contributed by atoms with Gasteiger partial charge in [0.15, 0.2) is 5.78 Å². The van der Waals surface area contributed by atoms with Gasteiger partial charge in [-0.2, -0.15) is 0 Å². The van der Waals surface area contributed by atoms with Crippen molar-refractivity contribution in [3.05, 3.63) is 82.0 Å². The minimum Gasteiger partial charge on any atom is -0.492 e. The molecule has 30 heavy (non-hydrogen) atoms. The summed E-state index contributed by atoms with van der Waals surface area (Å²) in [5.74, 6) is 0.273. The summed E-state index contributed by atoms with van der Waals surface area (Å²) in [5.41, 5.74) is -0.00203. The fraction of sp³-hybridized carbons (Fsp3) is 0.250. The van der Waals surface area contributed by atoms with Gasteiger partial charge in [-0.25, -0.2) is 0 Å². The van der Waals surface area contributed by atoms with Crippen LogP contribution in [0.5, 0.6) is 5.75 Å². The van der Waals surface area contributed by atoms with E-state index in [1.165, 1.54) is 0 Å². The molecule has 1 saturated heterocycles. The fourth-order valence-electron chi connectivity index (χ4n) is 5.85. The number of benzene rings is 2. The summed E-state index contributed by atoms with van der Waals surface area (Å²) in [6.45, 7) is 0.761. The van der Waals surface area contributed by atoms with Crippen LogP contribution in [0.2, 0.25) is 0 Å². The van der Waals surface area contributed by atoms with Crippen LogP contribution < -0.4 is 10.1 Å². The van der Waals surface area contributed by atoms with Crippen LogP contribution in [0.15, 0.2) is 66.0 Å². The predicted octanol–water partition coefficient (Wildman–Crippen LogP) is 3.89. The van der Waals surface area contributed by atoms with Crippen LogP contribution >= 0.6 is 11.3 Å². The van der Waals surface area contributed by atoms with Crippen LogP contribution in [0.25, 0.3) is 0 Å². The lowest BCUT2D eigenvalue weighted by Crippen LogP contribution is -2.62. The first-order chi connectivity index (χ1) is 14.6. The van der Waals surface area contributed by atoms with Gasteiger partial charge in [0, 0.05) is 28.6 Å². The number of hydrogen-bond donors (Lipinski definition) is 1. The molecule has 0 saturated carbocycles. The third-order valence-electron chi connectivity index (χ3n) is 7.04. The quantitative estimate of drug-likeness (QED) is 0.654. The first-order valence-electron chi connectivity index (χ1n) is 10.0. The molecule has 0 aliphatic carbocycles. The number of ether oxygens (including phenoxy) is 1. The number of likely N-dealkylation sites (tertiary alicyclic amines) is 1. The number of likely N-dealkylation sites (N-methyl/N-ethyl adjacent to an activating group) is 1. The molecule has 3 unspecified atom stereocenters. The first-order valence-corrected chi connectivity index (χ1v) is 10.9. The number of Topliss-reactive ketones (excluding diaryl/α,β-unsaturated/α-hetero) is 1. The van der Waals surface area contributed by atoms with E-state index in [1.807, 2.05) is 67.0 Å². The van der Waals surface area contributed by atoms with Crippen molar-refractivity contribution >= 4 is 28.7 Å². The number of carbonyl (C=O) groups excluding carboxylic acids is 2. The highest BCUT2D eigenvalue weighted by Crippen LogP contribution is 2.64. The molecule has 150 valence electrons. The molecule has 2 spiro atoms. The van der Waals surface area contributed by atoms with Gasteiger partial charge < -0.3 is 10.1 Å². The normalized spacial score (nSPS) is 29.7. The van der Waals surface area contributed by atoms with Gasteiger partial charge in [0.1, 0.15) is 23.3 Å². The Labute approximate surface area is 178 Å². The molecule has 3 aliphatic rings. The average Bonchev–Trinajstić information content (AvgIpc) is 3.45. The number of nitrogens with one attached hydrogen (secondary N) is 1. The number of amides is 1. The van der Waals surface area contributed by atoms with Crippen molar-refractivity contribution in [1.29, 1.82) is 0 Å². The molecule has 1 fully saturated rings. The number of thiophene rings is 1. The fourth-order valence-corrected chi connectivity index (χ4v) is 6.76. The second-order valence-electron chi connectivity index (χ2n) is 8.24. The van der Waals surface area contributed by atoms with E-state index in [4.69, 9.17) is 4.74 Å². The molecule has 5 nitrogen and oxygen atoms in total. The summed E-state index contributed by atoms with van der Waals surface area (Å²) in [6.07, 6.45) is 0. The maximum absolute atomic E-state index is 14.3. The van der Waals surface area contributed by atoms with Crippen molar-refractivity contribution in [2.45, 2.75) is 11.5 Å². The Morgan fingerprint density at radius 2 is 1.87 bits per heavy atom. The molecule has 6 heteroatoms. The molecule has 4 heterocycles. The van der Waals surface area contributed by atoms with E-state index in [0.29, 0.717) is 17.9 Å². The predicted molar refractivity (Wildman–Crippen MR) is 115 cm³/mol. The van der Waals surface area contributed by atoms with E-state index in [0.717, 1.165) is 16.1 Å². The second kappa shape index (κ2) is 6.03. The zero-order chi connectivity index (χ0) is 20.5. The largest absolute Gasteiger partial charge is 0.492 e. The van der Waals surface area contributed by atoms with Gasteiger partial charge in [-0.3, -0.25) is 14.5 Å². The van der Waals surface area contributed by atoms with Gasteiger partial charge in [-0.05, 0) is 36.7 Å². The minimum absolute atomic E-state index is 0.0149. The lowest BCUT2D eigenvalue weighted by atomic mass is 9.58. The van der Waals surface area contributed by atoms with E-state index in [2.05, 4.69) is 16.3 Å². The van der Waals surface area contributed by atoms with Gasteiger partial charge in [-0.15, -0.1) is 11.3 Å². The number of para-hydroxylation sites is 2. The molecular weight excluding hydrogens is 396 g/mol. The zero-order valence-electron chi connectivity index (χ0n) is 16.4. The number of rotatable bonds is 1. The number of ketones is 1. The van der Waals surface area contributed by atoms with E-state index in [1.54, 1.807) is 11.3 Å². The van der Waals surface area contributed by atoms with Gasteiger partial charge in [0.2, 0.25) is 0 Å². The average molecular weight is 417 g/mol. The highest BCUT2D eigenvalue weighted by molar-refractivity contribution is 7.10. The monoisotopic (exact) mass is 416 g/mol. The minimum atomic E-state index is -1.12. The van der Waals surface area contributed by atoms with Crippen LogP contribution in [0.4, 0.5) is 5.69 Å². The molecule has 1 aromatic heterocycles. The molecule has 3 aliphatic heterocycles. The Hall–Kier alpha value is -2.96. The number of anilines is 1. The van der Waals surface area contributed by atoms with E-state index in [9.17, 15) is 9.59 Å². The van der Waals surface area contributed by atoms with E-state index in [-0.39, 0.29) is 24.2 Å². The van der Waals surface area contributed by atoms with Crippen molar-refractivity contribution in [3.8, 4) is 5.75 Å². The van der Waals surface area contributed by atoms with Gasteiger partial charge in [-0.1, -0.05) is 36.4 Å². The van der Waals surface area contributed by atoms with Crippen molar-refractivity contribution in [2.75, 3.05) is 25.5 Å².